The van der Waals surface area contributed by atoms with E-state index in [1.165, 1.54) is 0 Å². The van der Waals surface area contributed by atoms with Crippen LogP contribution >= 0.6 is 0 Å². The fourth-order valence-corrected chi connectivity index (χ4v) is 6.85. The number of aromatic nitrogens is 9. The molecule has 0 N–H and O–H groups in total. The van der Waals surface area contributed by atoms with Crippen LogP contribution in [0.2, 0.25) is 0 Å². The summed E-state index contributed by atoms with van der Waals surface area (Å²) in [5, 5.41) is 0. The topological polar surface area (TPSA) is 116 Å². The number of pyridine rings is 3. The van der Waals surface area contributed by atoms with E-state index in [1.807, 2.05) is 164 Å². The van der Waals surface area contributed by atoms with Crippen molar-refractivity contribution in [3.63, 3.8) is 0 Å². The number of rotatable bonds is 9. The van der Waals surface area contributed by atoms with Crippen LogP contribution in [0.5, 0.6) is 0 Å². The van der Waals surface area contributed by atoms with Gasteiger partial charge in [-0.15, -0.1) is 0 Å². The van der Waals surface area contributed by atoms with E-state index in [2.05, 4.69) is 24.3 Å². The Labute approximate surface area is 346 Å². The molecule has 0 aliphatic rings. The lowest BCUT2D eigenvalue weighted by molar-refractivity contribution is 1.07. The summed E-state index contributed by atoms with van der Waals surface area (Å²) in [4.78, 5) is 44.3. The lowest BCUT2D eigenvalue weighted by atomic mass is 10.0. The first kappa shape index (κ1) is 35.9. The fourth-order valence-electron chi connectivity index (χ4n) is 6.85. The highest BCUT2D eigenvalue weighted by atomic mass is 15.0. The molecule has 10 rings (SSSR count). The van der Waals surface area contributed by atoms with Crippen molar-refractivity contribution < 1.29 is 0 Å². The van der Waals surface area contributed by atoms with Gasteiger partial charge in [0.05, 0.1) is 22.8 Å². The molecular weight excluding hydrogens is 739 g/mol. The van der Waals surface area contributed by atoms with Crippen LogP contribution in [0.25, 0.3) is 102 Å². The summed E-state index contributed by atoms with van der Waals surface area (Å²) in [7, 11) is 0. The van der Waals surface area contributed by atoms with E-state index < -0.39 is 0 Å². The van der Waals surface area contributed by atoms with Gasteiger partial charge in [0.2, 0.25) is 0 Å². The zero-order chi connectivity index (χ0) is 40.1. The molecule has 0 bridgehead atoms. The normalized spacial score (nSPS) is 11.0. The van der Waals surface area contributed by atoms with Crippen molar-refractivity contribution in [2.75, 3.05) is 0 Å². The molecule has 9 heteroatoms. The average Bonchev–Trinajstić information content (AvgIpc) is 3.35. The van der Waals surface area contributed by atoms with Crippen LogP contribution in [0, 0.1) is 0 Å². The maximum Gasteiger partial charge on any atom is 0.165 e. The number of hydrogen-bond acceptors (Lipinski definition) is 9. The van der Waals surface area contributed by atoms with Gasteiger partial charge in [0.15, 0.2) is 34.9 Å². The lowest BCUT2D eigenvalue weighted by Crippen LogP contribution is -2.01. The molecule has 9 nitrogen and oxygen atoms in total. The second-order valence-corrected chi connectivity index (χ2v) is 13.9. The van der Waals surface area contributed by atoms with Crippen LogP contribution in [-0.2, 0) is 0 Å². The van der Waals surface area contributed by atoms with Gasteiger partial charge >= 0.3 is 0 Å². The van der Waals surface area contributed by atoms with E-state index in [9.17, 15) is 0 Å². The SMILES string of the molecule is c1ccc(-c2cc(-c3ccc(-c4nc(-c5ccccc5)nc(-c5ccccc5)n4)cn3)nc(-c3cc(-c4nc(-c5ccccc5)nc(-c5ccccc5)n4)ccn3)c2)cc1. The van der Waals surface area contributed by atoms with Crippen molar-refractivity contribution in [1.29, 1.82) is 0 Å². The van der Waals surface area contributed by atoms with Crippen molar-refractivity contribution in [3.05, 3.63) is 200 Å². The molecule has 0 unspecified atom stereocenters. The Kier molecular flexibility index (Phi) is 9.71. The third-order valence-corrected chi connectivity index (χ3v) is 9.90. The van der Waals surface area contributed by atoms with Gasteiger partial charge in [-0.3, -0.25) is 9.97 Å². The van der Waals surface area contributed by atoms with Gasteiger partial charge in [0, 0.05) is 45.8 Å². The summed E-state index contributed by atoms with van der Waals surface area (Å²) in [6, 6.07) is 61.9. The fraction of sp³-hybridized carbons (Fsp3) is 0. The highest BCUT2D eigenvalue weighted by Gasteiger charge is 2.17. The Morgan fingerprint density at radius 2 is 0.583 bits per heavy atom. The lowest BCUT2D eigenvalue weighted by Gasteiger charge is -2.12. The maximum atomic E-state index is 5.16. The molecule has 5 aromatic carbocycles. The first-order valence-corrected chi connectivity index (χ1v) is 19.5. The summed E-state index contributed by atoms with van der Waals surface area (Å²) in [6.07, 6.45) is 3.56. The van der Waals surface area contributed by atoms with Crippen LogP contribution in [0.3, 0.4) is 0 Å². The Morgan fingerprint density at radius 1 is 0.217 bits per heavy atom. The first-order chi connectivity index (χ1) is 29.7. The third kappa shape index (κ3) is 7.66. The minimum atomic E-state index is 0.527. The molecule has 282 valence electrons. The predicted molar refractivity (Wildman–Crippen MR) is 236 cm³/mol. The molecule has 0 saturated carbocycles. The Balaban J connectivity index is 1.05. The number of hydrogen-bond donors (Lipinski definition) is 0. The summed E-state index contributed by atoms with van der Waals surface area (Å²) in [5.74, 6) is 3.41. The molecule has 0 aliphatic heterocycles. The van der Waals surface area contributed by atoms with E-state index in [0.717, 1.165) is 44.5 Å². The van der Waals surface area contributed by atoms with Crippen molar-refractivity contribution in [3.8, 4) is 102 Å². The maximum absolute atomic E-state index is 5.16. The third-order valence-electron chi connectivity index (χ3n) is 9.90. The van der Waals surface area contributed by atoms with E-state index >= 15 is 0 Å². The zero-order valence-corrected chi connectivity index (χ0v) is 32.1. The van der Waals surface area contributed by atoms with Crippen molar-refractivity contribution in [1.82, 2.24) is 44.9 Å². The zero-order valence-electron chi connectivity index (χ0n) is 32.1. The van der Waals surface area contributed by atoms with Crippen LogP contribution in [0.4, 0.5) is 0 Å². The van der Waals surface area contributed by atoms with Gasteiger partial charge in [0.1, 0.15) is 0 Å². The molecule has 60 heavy (non-hydrogen) atoms. The monoisotopic (exact) mass is 771 g/mol. The molecule has 10 aromatic rings. The van der Waals surface area contributed by atoms with Crippen LogP contribution in [0.1, 0.15) is 0 Å². The molecule has 0 saturated heterocycles. The smallest absolute Gasteiger partial charge is 0.165 e. The second-order valence-electron chi connectivity index (χ2n) is 13.9. The Morgan fingerprint density at radius 3 is 1.00 bits per heavy atom. The van der Waals surface area contributed by atoms with E-state index in [-0.39, 0.29) is 0 Å². The van der Waals surface area contributed by atoms with Gasteiger partial charge in [0.25, 0.3) is 0 Å². The Hall–Kier alpha value is -8.43. The van der Waals surface area contributed by atoms with Crippen molar-refractivity contribution in [2.24, 2.45) is 0 Å². The molecule has 0 radical (unpaired) electrons. The van der Waals surface area contributed by atoms with Crippen molar-refractivity contribution >= 4 is 0 Å². The van der Waals surface area contributed by atoms with Crippen LogP contribution in [0.15, 0.2) is 200 Å². The van der Waals surface area contributed by atoms with Gasteiger partial charge in [-0.2, -0.15) is 0 Å². The molecule has 5 heterocycles. The molecule has 0 amide bonds. The predicted octanol–water partition coefficient (Wildman–Crippen LogP) is 11.2. The van der Waals surface area contributed by atoms with Crippen LogP contribution < -0.4 is 0 Å². The van der Waals surface area contributed by atoms with Crippen molar-refractivity contribution in [2.45, 2.75) is 0 Å². The minimum Gasteiger partial charge on any atom is -0.255 e. The van der Waals surface area contributed by atoms with E-state index in [1.54, 1.807) is 12.4 Å². The molecule has 0 aliphatic carbocycles. The molecule has 0 spiro atoms. The largest absolute Gasteiger partial charge is 0.255 e. The van der Waals surface area contributed by atoms with Gasteiger partial charge in [-0.05, 0) is 47.5 Å². The second kappa shape index (κ2) is 16.2. The molecule has 0 fully saturated rings. The highest BCUT2D eigenvalue weighted by molar-refractivity contribution is 5.77. The molecule has 0 atom stereocenters. The van der Waals surface area contributed by atoms with Gasteiger partial charge < -0.3 is 0 Å². The summed E-state index contributed by atoms with van der Waals surface area (Å²) >= 11 is 0. The number of nitrogens with zero attached hydrogens (tertiary/aromatic N) is 9. The average molecular weight is 772 g/mol. The quantitative estimate of drug-likeness (QED) is 0.141. The molecule has 5 aromatic heterocycles. The molecular formula is C51H33N9. The van der Waals surface area contributed by atoms with Gasteiger partial charge in [-0.25, -0.2) is 34.9 Å². The summed E-state index contributed by atoms with van der Waals surface area (Å²) in [5.41, 5.74) is 9.88. The van der Waals surface area contributed by atoms with E-state index in [4.69, 9.17) is 44.9 Å². The number of benzene rings is 5. The standard InChI is InChI=1S/C51H33N9/c1-6-16-34(17-7-1)41-31-44(42-27-26-40(33-53-42)51-59-48(37-22-12-4-13-23-37)56-49(60-51)38-24-14-5-15-25-38)54-45(32-41)43-30-39(28-29-52-43)50-57-46(35-18-8-2-9-19-35)55-47(58-50)36-20-10-3-11-21-36/h1-33H. The van der Waals surface area contributed by atoms with Crippen LogP contribution in [-0.4, -0.2) is 44.9 Å². The highest BCUT2D eigenvalue weighted by Crippen LogP contribution is 2.32. The first-order valence-electron chi connectivity index (χ1n) is 19.5. The van der Waals surface area contributed by atoms with Gasteiger partial charge in [-0.1, -0.05) is 152 Å². The minimum absolute atomic E-state index is 0.527. The van der Waals surface area contributed by atoms with E-state index in [0.29, 0.717) is 57.7 Å². The Bertz CT molecular complexity index is 2940. The summed E-state index contributed by atoms with van der Waals surface area (Å²) < 4.78 is 0. The summed E-state index contributed by atoms with van der Waals surface area (Å²) in [6.45, 7) is 0.